The van der Waals surface area contributed by atoms with Gasteiger partial charge in [0.2, 0.25) is 0 Å². The number of anilines is 1. The molecule has 4 N–H and O–H groups in total. The third-order valence-corrected chi connectivity index (χ3v) is 5.27. The fourth-order valence-electron chi connectivity index (χ4n) is 2.55. The number of urea groups is 1. The summed E-state index contributed by atoms with van der Waals surface area (Å²) >= 11 is 0. The summed E-state index contributed by atoms with van der Waals surface area (Å²) in [6.45, 7) is 0. The molecule has 0 aliphatic heterocycles. The largest absolute Gasteiger partial charge is 0.351 e. The van der Waals surface area contributed by atoms with Gasteiger partial charge in [-0.3, -0.25) is 9.48 Å². The number of nitrogens with two attached hydrogens (primary N) is 1. The normalized spacial score (nSPS) is 11.1. The molecule has 1 aromatic heterocycles. The van der Waals surface area contributed by atoms with Crippen LogP contribution in [0.1, 0.15) is 10.5 Å². The average molecular weight is 417 g/mol. The SMILES string of the molecule is Cn1nc(-c2ccc(F)cc2)cc1C(=O)Nc1ccc(S(=O)(=O)NC(N)=O)cc1. The summed E-state index contributed by atoms with van der Waals surface area (Å²) in [5.74, 6) is -0.849. The monoisotopic (exact) mass is 417 g/mol. The molecule has 3 rings (SSSR count). The minimum atomic E-state index is -4.07. The lowest BCUT2D eigenvalue weighted by Crippen LogP contribution is -2.34. The molecule has 0 aliphatic rings. The van der Waals surface area contributed by atoms with E-state index >= 15 is 0 Å². The number of primary amides is 1. The van der Waals surface area contributed by atoms with Gasteiger partial charge in [0, 0.05) is 18.3 Å². The molecule has 3 aromatic rings. The topological polar surface area (TPSA) is 136 Å². The van der Waals surface area contributed by atoms with Crippen molar-refractivity contribution in [2.75, 3.05) is 5.32 Å². The summed E-state index contributed by atoms with van der Waals surface area (Å²) < 4.78 is 39.8. The third kappa shape index (κ3) is 4.58. The van der Waals surface area contributed by atoms with E-state index in [4.69, 9.17) is 5.73 Å². The number of hydrogen-bond donors (Lipinski definition) is 3. The number of amides is 3. The number of nitrogens with zero attached hydrogens (tertiary/aromatic N) is 2. The fourth-order valence-corrected chi connectivity index (χ4v) is 3.42. The Morgan fingerprint density at radius 2 is 1.69 bits per heavy atom. The van der Waals surface area contributed by atoms with Gasteiger partial charge < -0.3 is 11.1 Å². The second-order valence-electron chi connectivity index (χ2n) is 5.99. The van der Waals surface area contributed by atoms with Crippen LogP contribution in [0.3, 0.4) is 0 Å². The zero-order valence-electron chi connectivity index (χ0n) is 15.1. The first-order chi connectivity index (χ1) is 13.7. The molecule has 11 heteroatoms. The Labute approximate surface area is 165 Å². The van der Waals surface area contributed by atoms with Crippen molar-refractivity contribution in [3.8, 4) is 11.3 Å². The van der Waals surface area contributed by atoms with Crippen LogP contribution >= 0.6 is 0 Å². The highest BCUT2D eigenvalue weighted by molar-refractivity contribution is 7.90. The molecule has 1 heterocycles. The molecule has 9 nitrogen and oxygen atoms in total. The van der Waals surface area contributed by atoms with Gasteiger partial charge in [0.1, 0.15) is 11.5 Å². The first-order valence-corrected chi connectivity index (χ1v) is 9.68. The van der Waals surface area contributed by atoms with Crippen LogP contribution in [0.2, 0.25) is 0 Å². The fraction of sp³-hybridized carbons (Fsp3) is 0.0556. The van der Waals surface area contributed by atoms with Crippen molar-refractivity contribution in [3.05, 3.63) is 66.1 Å². The van der Waals surface area contributed by atoms with Gasteiger partial charge in [-0.25, -0.2) is 22.3 Å². The van der Waals surface area contributed by atoms with Crippen LogP contribution in [-0.4, -0.2) is 30.1 Å². The van der Waals surface area contributed by atoms with E-state index in [9.17, 15) is 22.4 Å². The second kappa shape index (κ2) is 7.72. The van der Waals surface area contributed by atoms with Gasteiger partial charge in [-0.05, 0) is 54.6 Å². The van der Waals surface area contributed by atoms with Gasteiger partial charge in [-0.2, -0.15) is 5.10 Å². The van der Waals surface area contributed by atoms with Crippen molar-refractivity contribution in [2.24, 2.45) is 12.8 Å². The number of hydrogen-bond acceptors (Lipinski definition) is 5. The summed E-state index contributed by atoms with van der Waals surface area (Å²) in [4.78, 5) is 23.1. The van der Waals surface area contributed by atoms with Crippen molar-refractivity contribution in [1.82, 2.24) is 14.5 Å². The predicted octanol–water partition coefficient (Wildman–Crippen LogP) is 1.84. The Hall–Kier alpha value is -3.73. The van der Waals surface area contributed by atoms with E-state index in [1.54, 1.807) is 30.0 Å². The molecule has 0 saturated carbocycles. The highest BCUT2D eigenvalue weighted by Crippen LogP contribution is 2.20. The number of aromatic nitrogens is 2. The van der Waals surface area contributed by atoms with E-state index in [0.717, 1.165) is 0 Å². The molecule has 0 fully saturated rings. The van der Waals surface area contributed by atoms with Gasteiger partial charge in [-0.1, -0.05) is 0 Å². The van der Waals surface area contributed by atoms with E-state index in [1.807, 2.05) is 0 Å². The van der Waals surface area contributed by atoms with Crippen LogP contribution in [0.5, 0.6) is 0 Å². The molecule has 2 aromatic carbocycles. The number of carbonyl (C=O) groups excluding carboxylic acids is 2. The van der Waals surface area contributed by atoms with Crippen LogP contribution in [0.25, 0.3) is 11.3 Å². The number of benzene rings is 2. The molecule has 0 aliphatic carbocycles. The van der Waals surface area contributed by atoms with Crippen LogP contribution in [-0.2, 0) is 17.1 Å². The minimum Gasteiger partial charge on any atom is -0.351 e. The van der Waals surface area contributed by atoms with Gasteiger partial charge in [0.25, 0.3) is 15.9 Å². The number of halogens is 1. The molecular formula is C18H16FN5O4S. The number of carbonyl (C=O) groups is 2. The molecule has 0 atom stereocenters. The highest BCUT2D eigenvalue weighted by Gasteiger charge is 2.17. The second-order valence-corrected chi connectivity index (χ2v) is 7.68. The molecule has 150 valence electrons. The summed E-state index contributed by atoms with van der Waals surface area (Å²) in [7, 11) is -2.48. The van der Waals surface area contributed by atoms with Gasteiger partial charge >= 0.3 is 6.03 Å². The summed E-state index contributed by atoms with van der Waals surface area (Å²) in [6, 6.07) is 11.2. The first kappa shape index (κ1) is 20.0. The van der Waals surface area contributed by atoms with Crippen molar-refractivity contribution in [2.45, 2.75) is 4.90 Å². The molecule has 3 amide bonds. The first-order valence-electron chi connectivity index (χ1n) is 8.19. The van der Waals surface area contributed by atoms with E-state index in [0.29, 0.717) is 16.9 Å². The van der Waals surface area contributed by atoms with E-state index in [2.05, 4.69) is 10.4 Å². The van der Waals surface area contributed by atoms with Crippen molar-refractivity contribution in [1.29, 1.82) is 0 Å². The molecule has 0 radical (unpaired) electrons. The highest BCUT2D eigenvalue weighted by atomic mass is 32.2. The minimum absolute atomic E-state index is 0.187. The Bertz CT molecular complexity index is 1170. The number of sulfonamides is 1. The maximum absolute atomic E-state index is 13.1. The van der Waals surface area contributed by atoms with E-state index < -0.39 is 22.0 Å². The van der Waals surface area contributed by atoms with Crippen molar-refractivity contribution in [3.63, 3.8) is 0 Å². The number of nitrogens with one attached hydrogen (secondary N) is 2. The lowest BCUT2D eigenvalue weighted by Gasteiger charge is -2.07. The van der Waals surface area contributed by atoms with E-state index in [1.165, 1.54) is 41.1 Å². The lowest BCUT2D eigenvalue weighted by molar-refractivity contribution is 0.101. The predicted molar refractivity (Wildman–Crippen MR) is 103 cm³/mol. The van der Waals surface area contributed by atoms with Gasteiger partial charge in [0.05, 0.1) is 10.6 Å². The number of rotatable bonds is 5. The summed E-state index contributed by atoms with van der Waals surface area (Å²) in [5.41, 5.74) is 6.55. The zero-order valence-corrected chi connectivity index (χ0v) is 15.9. The van der Waals surface area contributed by atoms with Crippen LogP contribution in [0.15, 0.2) is 59.5 Å². The quantitative estimate of drug-likeness (QED) is 0.582. The lowest BCUT2D eigenvalue weighted by atomic mass is 10.1. The Balaban J connectivity index is 1.77. The van der Waals surface area contributed by atoms with Gasteiger partial charge in [0.15, 0.2) is 0 Å². The van der Waals surface area contributed by atoms with E-state index in [-0.39, 0.29) is 16.4 Å². The Morgan fingerprint density at radius 1 is 1.07 bits per heavy atom. The molecular weight excluding hydrogens is 401 g/mol. The standard InChI is InChI=1S/C18H16FN5O4S/c1-24-16(10-15(22-24)11-2-4-12(19)5-3-11)17(25)21-13-6-8-14(9-7-13)29(27,28)23-18(20)26/h2-10H,1H3,(H,21,25)(H3,20,23,26). The van der Waals surface area contributed by atoms with Crippen LogP contribution in [0.4, 0.5) is 14.9 Å². The van der Waals surface area contributed by atoms with Gasteiger partial charge in [-0.15, -0.1) is 0 Å². The molecule has 0 unspecified atom stereocenters. The molecule has 0 bridgehead atoms. The average Bonchev–Trinajstić information content (AvgIpc) is 3.03. The molecule has 0 spiro atoms. The Kier molecular flexibility index (Phi) is 5.33. The molecule has 29 heavy (non-hydrogen) atoms. The maximum Gasteiger partial charge on any atom is 0.326 e. The van der Waals surface area contributed by atoms with Crippen molar-refractivity contribution < 1.29 is 22.4 Å². The Morgan fingerprint density at radius 3 is 2.28 bits per heavy atom. The third-order valence-electron chi connectivity index (χ3n) is 3.91. The van der Waals surface area contributed by atoms with Crippen molar-refractivity contribution >= 4 is 27.6 Å². The molecule has 0 saturated heterocycles. The van der Waals surface area contributed by atoms with Crippen LogP contribution < -0.4 is 15.8 Å². The smallest absolute Gasteiger partial charge is 0.326 e. The maximum atomic E-state index is 13.1. The summed E-state index contributed by atoms with van der Waals surface area (Å²) in [5, 5.41) is 6.88. The summed E-state index contributed by atoms with van der Waals surface area (Å²) in [6.07, 6.45) is 0. The number of aryl methyl sites for hydroxylation is 1. The zero-order chi connectivity index (χ0) is 21.2. The van der Waals surface area contributed by atoms with Crippen LogP contribution in [0, 0.1) is 5.82 Å².